The topological polar surface area (TPSA) is 92.3 Å². The Kier molecular flexibility index (Phi) is 5.57. The first-order valence-electron chi connectivity index (χ1n) is 9.99. The number of halogens is 1. The van der Waals surface area contributed by atoms with Gasteiger partial charge in [0.05, 0.1) is 18.4 Å². The van der Waals surface area contributed by atoms with Crippen LogP contribution >= 0.6 is 23.4 Å². The first kappa shape index (κ1) is 21.2. The van der Waals surface area contributed by atoms with Crippen LogP contribution in [0.1, 0.15) is 40.0 Å². The van der Waals surface area contributed by atoms with Crippen molar-refractivity contribution in [1.82, 2.24) is 20.6 Å². The fraction of sp³-hybridized carbons (Fsp3) is 0.524. The summed E-state index contributed by atoms with van der Waals surface area (Å²) in [5, 5.41) is 12.6. The van der Waals surface area contributed by atoms with Gasteiger partial charge in [-0.1, -0.05) is 44.1 Å². The molecule has 2 fully saturated rings. The van der Waals surface area contributed by atoms with Gasteiger partial charge in [0.2, 0.25) is 5.16 Å². The third kappa shape index (κ3) is 3.60. The summed E-state index contributed by atoms with van der Waals surface area (Å²) >= 11 is 7.33. The molecule has 0 saturated heterocycles. The van der Waals surface area contributed by atoms with Gasteiger partial charge in [0, 0.05) is 16.1 Å². The van der Waals surface area contributed by atoms with E-state index in [-0.39, 0.29) is 22.5 Å². The Bertz CT molecular complexity index is 1010. The molecule has 0 aliphatic heterocycles. The normalized spacial score (nSPS) is 25.6. The third-order valence-electron chi connectivity index (χ3n) is 7.04. The van der Waals surface area contributed by atoms with Gasteiger partial charge < -0.3 is 4.74 Å². The molecule has 9 heteroatoms. The molecule has 0 radical (unpaired) electrons. The minimum Gasteiger partial charge on any atom is -0.496 e. The maximum Gasteiger partial charge on any atom is 0.250 e. The predicted octanol–water partition coefficient (Wildman–Crippen LogP) is 4.54. The number of benzene rings is 1. The Labute approximate surface area is 185 Å². The lowest BCUT2D eigenvalue weighted by molar-refractivity contribution is -0.118. The number of nitrogens with one attached hydrogen (secondary N) is 2. The van der Waals surface area contributed by atoms with Crippen LogP contribution in [0.15, 0.2) is 28.5 Å². The van der Waals surface area contributed by atoms with Crippen LogP contribution in [0.5, 0.6) is 5.75 Å². The number of H-pyrrole nitrogens is 1. The van der Waals surface area contributed by atoms with Gasteiger partial charge in [-0.3, -0.25) is 9.89 Å². The summed E-state index contributed by atoms with van der Waals surface area (Å²) in [5.41, 5.74) is 4.88. The van der Waals surface area contributed by atoms with Crippen LogP contribution in [-0.2, 0) is 4.79 Å². The molecule has 2 saturated carbocycles. The Morgan fingerprint density at radius 2 is 2.23 bits per heavy atom. The van der Waals surface area contributed by atoms with Crippen LogP contribution in [-0.4, -0.2) is 39.7 Å². The molecule has 160 valence electrons. The van der Waals surface area contributed by atoms with Crippen LogP contribution in [0, 0.1) is 16.7 Å². The summed E-state index contributed by atoms with van der Waals surface area (Å²) in [6, 6.07) is 5.28. The van der Waals surface area contributed by atoms with Crippen molar-refractivity contribution in [2.45, 2.75) is 45.2 Å². The van der Waals surface area contributed by atoms with E-state index in [1.165, 1.54) is 18.2 Å². The number of aromatic nitrogens is 3. The number of thioether (sulfide) groups is 1. The minimum absolute atomic E-state index is 0.0761. The summed E-state index contributed by atoms with van der Waals surface area (Å²) in [7, 11) is 1.59. The molecule has 4 rings (SSSR count). The number of nitrogens with zero attached hydrogens (tertiary/aromatic N) is 3. The SMILES string of the molecule is COc1ccc(Cl)cc1-c1nc(SCC(=O)N/N=C2\CC3CCC2(C)C3(C)C)n[nH]1. The molecule has 2 N–H and O–H groups in total. The van der Waals surface area contributed by atoms with Crippen molar-refractivity contribution in [3.05, 3.63) is 23.2 Å². The Morgan fingerprint density at radius 3 is 2.90 bits per heavy atom. The first-order chi connectivity index (χ1) is 14.2. The largest absolute Gasteiger partial charge is 0.496 e. The average Bonchev–Trinajstić information content (AvgIpc) is 3.33. The molecule has 2 aromatic rings. The van der Waals surface area contributed by atoms with Crippen LogP contribution in [0.25, 0.3) is 11.4 Å². The van der Waals surface area contributed by atoms with E-state index in [0.29, 0.717) is 33.2 Å². The van der Waals surface area contributed by atoms with Crippen LogP contribution in [0.4, 0.5) is 0 Å². The fourth-order valence-electron chi connectivity index (χ4n) is 4.69. The van der Waals surface area contributed by atoms with Gasteiger partial charge in [-0.25, -0.2) is 10.4 Å². The highest BCUT2D eigenvalue weighted by molar-refractivity contribution is 7.99. The third-order valence-corrected chi connectivity index (χ3v) is 8.12. The molecule has 1 aromatic carbocycles. The molecule has 7 nitrogen and oxygen atoms in total. The number of hydrazone groups is 1. The molecule has 1 amide bonds. The second-order valence-corrected chi connectivity index (χ2v) is 10.1. The van der Waals surface area contributed by atoms with E-state index in [9.17, 15) is 4.79 Å². The van der Waals surface area contributed by atoms with E-state index in [1.807, 2.05) is 0 Å². The lowest BCUT2D eigenvalue weighted by Crippen LogP contribution is -2.34. The Hall–Kier alpha value is -2.06. The summed E-state index contributed by atoms with van der Waals surface area (Å²) < 4.78 is 5.35. The zero-order valence-electron chi connectivity index (χ0n) is 17.6. The number of carbonyl (C=O) groups is 1. The number of ether oxygens (including phenoxy) is 1. The summed E-state index contributed by atoms with van der Waals surface area (Å²) in [6.07, 6.45) is 3.36. The van der Waals surface area contributed by atoms with E-state index in [0.717, 1.165) is 18.6 Å². The summed E-state index contributed by atoms with van der Waals surface area (Å²) in [4.78, 5) is 16.8. The average molecular weight is 448 g/mol. The molecule has 0 spiro atoms. The molecule has 2 atom stereocenters. The molecular weight excluding hydrogens is 422 g/mol. The van der Waals surface area contributed by atoms with Crippen molar-refractivity contribution >= 4 is 35.0 Å². The van der Waals surface area contributed by atoms with Gasteiger partial charge >= 0.3 is 0 Å². The maximum absolute atomic E-state index is 12.3. The quantitative estimate of drug-likeness (QED) is 0.500. The second kappa shape index (κ2) is 7.89. The van der Waals surface area contributed by atoms with Crippen molar-refractivity contribution in [3.8, 4) is 17.1 Å². The van der Waals surface area contributed by atoms with Gasteiger partial charge in [-0.05, 0) is 48.8 Å². The highest BCUT2D eigenvalue weighted by Gasteiger charge is 2.60. The fourth-order valence-corrected chi connectivity index (χ4v) is 5.45. The molecule has 2 aliphatic rings. The molecular formula is C21H26ClN5O2S. The number of hydrogen-bond acceptors (Lipinski definition) is 6. The number of aromatic amines is 1. The van der Waals surface area contributed by atoms with Crippen molar-refractivity contribution in [3.63, 3.8) is 0 Å². The summed E-state index contributed by atoms with van der Waals surface area (Å²) in [5.74, 6) is 1.85. The van der Waals surface area contributed by atoms with Crippen molar-refractivity contribution in [1.29, 1.82) is 0 Å². The van der Waals surface area contributed by atoms with E-state index in [4.69, 9.17) is 16.3 Å². The second-order valence-electron chi connectivity index (χ2n) is 8.69. The Morgan fingerprint density at radius 1 is 1.43 bits per heavy atom. The molecule has 2 bridgehead atoms. The van der Waals surface area contributed by atoms with Gasteiger partial charge in [0.1, 0.15) is 5.75 Å². The van der Waals surface area contributed by atoms with E-state index < -0.39 is 0 Å². The number of amides is 1. The highest BCUT2D eigenvalue weighted by atomic mass is 35.5. The van der Waals surface area contributed by atoms with Crippen molar-refractivity contribution in [2.24, 2.45) is 21.8 Å². The van der Waals surface area contributed by atoms with Gasteiger partial charge in [0.25, 0.3) is 5.91 Å². The minimum atomic E-state index is -0.164. The monoisotopic (exact) mass is 447 g/mol. The molecule has 2 aliphatic carbocycles. The van der Waals surface area contributed by atoms with Gasteiger partial charge in [0.15, 0.2) is 5.82 Å². The smallest absolute Gasteiger partial charge is 0.250 e. The van der Waals surface area contributed by atoms with E-state index >= 15 is 0 Å². The van der Waals surface area contributed by atoms with Gasteiger partial charge in [-0.2, -0.15) is 5.10 Å². The standard InChI is InChI=1S/C21H26ClN5O2S/c1-20(2)12-7-8-21(20,3)16(9-12)24-25-17(28)11-30-19-23-18(26-27-19)14-10-13(22)5-6-15(14)29-4/h5-6,10,12H,7-9,11H2,1-4H3,(H,25,28)(H,23,26,27)/b24-16+. The lowest BCUT2D eigenvalue weighted by Gasteiger charge is -2.34. The molecule has 2 unspecified atom stereocenters. The Balaban J connectivity index is 1.36. The number of methoxy groups -OCH3 is 1. The van der Waals surface area contributed by atoms with E-state index in [1.54, 1.807) is 25.3 Å². The summed E-state index contributed by atoms with van der Waals surface area (Å²) in [6.45, 7) is 6.92. The number of rotatable bonds is 6. The van der Waals surface area contributed by atoms with Gasteiger partial charge in [-0.15, -0.1) is 5.10 Å². The zero-order valence-corrected chi connectivity index (χ0v) is 19.2. The predicted molar refractivity (Wildman–Crippen MR) is 119 cm³/mol. The highest BCUT2D eigenvalue weighted by Crippen LogP contribution is 2.63. The molecule has 1 heterocycles. The number of hydrogen-bond donors (Lipinski definition) is 2. The number of fused-ring (bicyclic) bond motifs is 2. The first-order valence-corrected chi connectivity index (χ1v) is 11.4. The van der Waals surface area contributed by atoms with E-state index in [2.05, 4.69) is 46.5 Å². The molecule has 1 aromatic heterocycles. The van der Waals surface area contributed by atoms with Crippen LogP contribution < -0.4 is 10.2 Å². The zero-order chi connectivity index (χ0) is 21.5. The maximum atomic E-state index is 12.3. The van der Waals surface area contributed by atoms with Crippen LogP contribution in [0.2, 0.25) is 5.02 Å². The van der Waals surface area contributed by atoms with Crippen molar-refractivity contribution < 1.29 is 9.53 Å². The number of carbonyl (C=O) groups excluding carboxylic acids is 1. The van der Waals surface area contributed by atoms with Crippen molar-refractivity contribution in [2.75, 3.05) is 12.9 Å². The molecule has 30 heavy (non-hydrogen) atoms. The lowest BCUT2D eigenvalue weighted by atomic mass is 9.70. The van der Waals surface area contributed by atoms with Crippen LogP contribution in [0.3, 0.4) is 0 Å².